The lowest BCUT2D eigenvalue weighted by atomic mass is 10.5. The summed E-state index contributed by atoms with van der Waals surface area (Å²) in [6, 6.07) is 1.15. The number of carbonyl (C=O) groups is 1. The van der Waals surface area contributed by atoms with Gasteiger partial charge in [-0.15, -0.1) is 0 Å². The highest BCUT2D eigenvalue weighted by Crippen LogP contribution is 2.09. The van der Waals surface area contributed by atoms with E-state index < -0.39 is 6.03 Å². The predicted molar refractivity (Wildman–Crippen MR) is 59.3 cm³/mol. The molecule has 0 aliphatic heterocycles. The van der Waals surface area contributed by atoms with Crippen molar-refractivity contribution in [3.05, 3.63) is 12.4 Å². The number of nitrogens with two attached hydrogens (primary N) is 1. The maximum Gasteiger partial charge on any atom is 0.312 e. The van der Waals surface area contributed by atoms with Crippen LogP contribution in [0.2, 0.25) is 0 Å². The summed E-state index contributed by atoms with van der Waals surface area (Å²) in [7, 11) is 0. The summed E-state index contributed by atoms with van der Waals surface area (Å²) in [4.78, 5) is 18.3. The zero-order chi connectivity index (χ0) is 11.8. The molecule has 16 heavy (non-hydrogen) atoms. The van der Waals surface area contributed by atoms with Crippen molar-refractivity contribution in [1.29, 1.82) is 0 Å². The molecule has 0 fully saturated rings. The molecule has 1 heterocycles. The van der Waals surface area contributed by atoms with E-state index in [2.05, 4.69) is 20.6 Å². The Labute approximate surface area is 93.4 Å². The Balaban J connectivity index is 2.35. The lowest BCUT2D eigenvalue weighted by Crippen LogP contribution is -2.33. The smallest absolute Gasteiger partial charge is 0.312 e. The molecule has 1 aromatic heterocycles. The number of ether oxygens (including phenoxy) is 1. The Kier molecular flexibility index (Phi) is 4.84. The molecule has 0 radical (unpaired) electrons. The van der Waals surface area contributed by atoms with E-state index in [-0.39, 0.29) is 0 Å². The van der Waals surface area contributed by atoms with Crippen molar-refractivity contribution < 1.29 is 9.53 Å². The lowest BCUT2D eigenvalue weighted by Gasteiger charge is -2.07. The number of amides is 2. The maximum absolute atomic E-state index is 10.4. The predicted octanol–water partition coefficient (Wildman–Crippen LogP) is -0.0445. The third-order valence-corrected chi connectivity index (χ3v) is 1.66. The summed E-state index contributed by atoms with van der Waals surface area (Å²) in [5, 5.41) is 5.45. The van der Waals surface area contributed by atoms with Gasteiger partial charge in [0.2, 0.25) is 5.88 Å². The van der Waals surface area contributed by atoms with Gasteiger partial charge < -0.3 is 21.1 Å². The topological polar surface area (TPSA) is 102 Å². The zero-order valence-electron chi connectivity index (χ0n) is 9.06. The van der Waals surface area contributed by atoms with Crippen LogP contribution in [-0.2, 0) is 0 Å². The molecular weight excluding hydrogens is 210 g/mol. The summed E-state index contributed by atoms with van der Waals surface area (Å²) in [6.07, 6.45) is 1.41. The molecule has 7 nitrogen and oxygen atoms in total. The summed E-state index contributed by atoms with van der Waals surface area (Å²) < 4.78 is 5.21. The molecule has 0 saturated heterocycles. The maximum atomic E-state index is 10.4. The van der Waals surface area contributed by atoms with E-state index >= 15 is 0 Å². The van der Waals surface area contributed by atoms with Gasteiger partial charge in [-0.1, -0.05) is 0 Å². The van der Waals surface area contributed by atoms with Crippen molar-refractivity contribution in [3.8, 4) is 5.88 Å². The number of primary amides is 1. The van der Waals surface area contributed by atoms with E-state index in [1.807, 2.05) is 6.92 Å². The number of urea groups is 1. The van der Waals surface area contributed by atoms with Crippen LogP contribution in [0.4, 0.5) is 10.6 Å². The van der Waals surface area contributed by atoms with E-state index in [0.717, 1.165) is 0 Å². The summed E-state index contributed by atoms with van der Waals surface area (Å²) in [5.74, 6) is 1.16. The van der Waals surface area contributed by atoms with E-state index in [9.17, 15) is 4.79 Å². The zero-order valence-corrected chi connectivity index (χ0v) is 9.06. The van der Waals surface area contributed by atoms with Gasteiger partial charge in [-0.25, -0.2) is 14.8 Å². The highest BCUT2D eigenvalue weighted by atomic mass is 16.5. The second-order valence-electron chi connectivity index (χ2n) is 2.89. The van der Waals surface area contributed by atoms with Crippen molar-refractivity contribution >= 4 is 11.8 Å². The Hall–Kier alpha value is -2.05. The normalized spacial score (nSPS) is 9.56. The monoisotopic (exact) mass is 225 g/mol. The van der Waals surface area contributed by atoms with Gasteiger partial charge in [-0.3, -0.25) is 0 Å². The molecule has 0 spiro atoms. The summed E-state index contributed by atoms with van der Waals surface area (Å²) in [6.45, 7) is 3.40. The van der Waals surface area contributed by atoms with Gasteiger partial charge in [0.05, 0.1) is 6.61 Å². The summed E-state index contributed by atoms with van der Waals surface area (Å²) in [5.41, 5.74) is 4.91. The van der Waals surface area contributed by atoms with E-state index in [1.54, 1.807) is 6.07 Å². The van der Waals surface area contributed by atoms with Crippen molar-refractivity contribution in [2.45, 2.75) is 6.92 Å². The third kappa shape index (κ3) is 4.45. The van der Waals surface area contributed by atoms with Crippen LogP contribution < -0.4 is 21.1 Å². The largest absolute Gasteiger partial charge is 0.478 e. The number of carbonyl (C=O) groups excluding carboxylic acids is 1. The number of aromatic nitrogens is 2. The number of nitrogens with one attached hydrogen (secondary N) is 2. The Bertz CT molecular complexity index is 344. The average molecular weight is 225 g/mol. The van der Waals surface area contributed by atoms with Crippen molar-refractivity contribution in [1.82, 2.24) is 15.3 Å². The average Bonchev–Trinajstić information content (AvgIpc) is 2.25. The number of anilines is 1. The van der Waals surface area contributed by atoms with Gasteiger partial charge in [0.1, 0.15) is 12.1 Å². The first kappa shape index (κ1) is 12.0. The van der Waals surface area contributed by atoms with Gasteiger partial charge in [0, 0.05) is 19.2 Å². The van der Waals surface area contributed by atoms with Gasteiger partial charge in [0.15, 0.2) is 0 Å². The Morgan fingerprint density at radius 2 is 2.31 bits per heavy atom. The number of hydrogen-bond donors (Lipinski definition) is 3. The van der Waals surface area contributed by atoms with Crippen molar-refractivity contribution in [2.75, 3.05) is 25.0 Å². The highest BCUT2D eigenvalue weighted by molar-refractivity contribution is 5.71. The highest BCUT2D eigenvalue weighted by Gasteiger charge is 1.98. The van der Waals surface area contributed by atoms with E-state index in [1.165, 1.54) is 6.33 Å². The van der Waals surface area contributed by atoms with Gasteiger partial charge in [-0.05, 0) is 6.92 Å². The van der Waals surface area contributed by atoms with Crippen LogP contribution in [0.15, 0.2) is 12.4 Å². The van der Waals surface area contributed by atoms with Gasteiger partial charge in [0.25, 0.3) is 0 Å². The molecule has 0 aromatic carbocycles. The molecule has 0 aliphatic carbocycles. The molecule has 1 aromatic rings. The van der Waals surface area contributed by atoms with E-state index in [4.69, 9.17) is 10.5 Å². The number of nitrogens with zero attached hydrogens (tertiary/aromatic N) is 2. The molecule has 4 N–H and O–H groups in total. The Morgan fingerprint density at radius 1 is 1.50 bits per heavy atom. The minimum atomic E-state index is -0.542. The first-order valence-electron chi connectivity index (χ1n) is 4.94. The molecule has 0 bridgehead atoms. The second kappa shape index (κ2) is 6.44. The lowest BCUT2D eigenvalue weighted by molar-refractivity contribution is 0.249. The first-order chi connectivity index (χ1) is 7.72. The molecule has 0 unspecified atom stereocenters. The third-order valence-electron chi connectivity index (χ3n) is 1.66. The molecule has 0 atom stereocenters. The summed E-state index contributed by atoms with van der Waals surface area (Å²) >= 11 is 0. The quantitative estimate of drug-likeness (QED) is 0.589. The van der Waals surface area contributed by atoms with Crippen LogP contribution in [0.25, 0.3) is 0 Å². The standard InChI is InChI=1S/C9H15N5O2/c1-2-16-8-5-7(13-6-14-8)11-3-4-12-9(10)15/h5-6H,2-4H2,1H3,(H3,10,12,15)(H,11,13,14). The van der Waals surface area contributed by atoms with Crippen LogP contribution >= 0.6 is 0 Å². The Morgan fingerprint density at radius 3 is 3.00 bits per heavy atom. The number of rotatable bonds is 6. The van der Waals surface area contributed by atoms with Crippen LogP contribution in [0, 0.1) is 0 Å². The molecular formula is C9H15N5O2. The molecule has 2 amide bonds. The van der Waals surface area contributed by atoms with Crippen molar-refractivity contribution in [2.24, 2.45) is 5.73 Å². The minimum absolute atomic E-state index is 0.434. The molecule has 7 heteroatoms. The van der Waals surface area contributed by atoms with Gasteiger partial charge in [-0.2, -0.15) is 0 Å². The fourth-order valence-corrected chi connectivity index (χ4v) is 1.04. The van der Waals surface area contributed by atoms with E-state index in [0.29, 0.717) is 31.4 Å². The van der Waals surface area contributed by atoms with Crippen LogP contribution in [0.3, 0.4) is 0 Å². The van der Waals surface area contributed by atoms with Crippen LogP contribution in [0.1, 0.15) is 6.92 Å². The molecule has 88 valence electrons. The van der Waals surface area contributed by atoms with Gasteiger partial charge >= 0.3 is 6.03 Å². The van der Waals surface area contributed by atoms with Crippen LogP contribution in [0.5, 0.6) is 5.88 Å². The molecule has 0 saturated carbocycles. The second-order valence-corrected chi connectivity index (χ2v) is 2.89. The van der Waals surface area contributed by atoms with Crippen LogP contribution in [-0.4, -0.2) is 35.7 Å². The SMILES string of the molecule is CCOc1cc(NCCNC(N)=O)ncn1. The fraction of sp³-hybridized carbons (Fsp3) is 0.444. The van der Waals surface area contributed by atoms with Crippen molar-refractivity contribution in [3.63, 3.8) is 0 Å². The molecule has 1 rings (SSSR count). The first-order valence-corrected chi connectivity index (χ1v) is 4.94. The molecule has 0 aliphatic rings. The fourth-order valence-electron chi connectivity index (χ4n) is 1.04. The minimum Gasteiger partial charge on any atom is -0.478 e. The number of hydrogen-bond acceptors (Lipinski definition) is 5.